The first kappa shape index (κ1) is 9.27. The minimum Gasteiger partial charge on any atom is -0.392 e. The third kappa shape index (κ3) is 4.75. The second-order valence-electron chi connectivity index (χ2n) is 2.06. The zero-order valence-corrected chi connectivity index (χ0v) is 6.82. The smallest absolute Gasteiger partial charge is 0.0671 e. The molecule has 0 aromatic rings. The maximum Gasteiger partial charge on any atom is 0.0671 e. The van der Waals surface area contributed by atoms with Crippen LogP contribution in [-0.2, 0) is 0 Å². The Morgan fingerprint density at radius 1 is 1.67 bits per heavy atom. The summed E-state index contributed by atoms with van der Waals surface area (Å²) in [4.78, 5) is 0. The molecule has 3 heteroatoms. The Balaban J connectivity index is 3.16. The molecule has 0 bridgehead atoms. The van der Waals surface area contributed by atoms with Gasteiger partial charge in [0.25, 0.3) is 0 Å². The van der Waals surface area contributed by atoms with Gasteiger partial charge in [-0.25, -0.2) is 0 Å². The van der Waals surface area contributed by atoms with Crippen molar-refractivity contribution in [2.45, 2.75) is 26.0 Å². The average Bonchev–Trinajstić information content (AvgIpc) is 1.82. The highest BCUT2D eigenvalue weighted by Gasteiger charge is 2.07. The van der Waals surface area contributed by atoms with Crippen molar-refractivity contribution in [2.24, 2.45) is 5.73 Å². The first-order valence-electron chi connectivity index (χ1n) is 3.19. The van der Waals surface area contributed by atoms with Gasteiger partial charge in [-0.1, -0.05) is 6.92 Å². The molecule has 0 saturated carbocycles. The van der Waals surface area contributed by atoms with Gasteiger partial charge in [-0.05, 0) is 12.7 Å². The Morgan fingerprint density at radius 2 is 2.22 bits per heavy atom. The van der Waals surface area contributed by atoms with Crippen LogP contribution in [0.5, 0.6) is 0 Å². The van der Waals surface area contributed by atoms with Crippen molar-refractivity contribution in [3.8, 4) is 0 Å². The topological polar surface area (TPSA) is 46.2 Å². The molecule has 0 rings (SSSR count). The SMILES string of the molecule is CCSCC(N)C(C)O. The van der Waals surface area contributed by atoms with Crippen molar-refractivity contribution in [1.82, 2.24) is 0 Å². The van der Waals surface area contributed by atoms with E-state index in [2.05, 4.69) is 6.92 Å². The zero-order chi connectivity index (χ0) is 7.28. The fourth-order valence-corrected chi connectivity index (χ4v) is 1.18. The van der Waals surface area contributed by atoms with Gasteiger partial charge >= 0.3 is 0 Å². The van der Waals surface area contributed by atoms with E-state index in [0.717, 1.165) is 11.5 Å². The normalized spacial score (nSPS) is 17.3. The van der Waals surface area contributed by atoms with Gasteiger partial charge in [-0.2, -0.15) is 11.8 Å². The van der Waals surface area contributed by atoms with E-state index in [1.165, 1.54) is 0 Å². The monoisotopic (exact) mass is 149 g/mol. The molecular formula is C6H15NOS. The molecule has 2 unspecified atom stereocenters. The number of aliphatic hydroxyl groups is 1. The summed E-state index contributed by atoms with van der Waals surface area (Å²) in [6.07, 6.45) is -0.371. The standard InChI is InChI=1S/C6H15NOS/c1-3-9-4-6(7)5(2)8/h5-6,8H,3-4,7H2,1-2H3. The largest absolute Gasteiger partial charge is 0.392 e. The van der Waals surface area contributed by atoms with Crippen LogP contribution in [-0.4, -0.2) is 28.8 Å². The number of thioether (sulfide) groups is 1. The Kier molecular flexibility index (Phi) is 5.24. The summed E-state index contributed by atoms with van der Waals surface area (Å²) in [6.45, 7) is 3.81. The predicted octanol–water partition coefficient (Wildman–Crippen LogP) is 0.448. The van der Waals surface area contributed by atoms with E-state index in [4.69, 9.17) is 10.8 Å². The molecule has 0 aromatic carbocycles. The second kappa shape index (κ2) is 5.09. The molecule has 0 aromatic heterocycles. The summed E-state index contributed by atoms with van der Waals surface area (Å²) < 4.78 is 0. The Bertz CT molecular complexity index is 68.1. The average molecular weight is 149 g/mol. The predicted molar refractivity (Wildman–Crippen MR) is 42.7 cm³/mol. The molecule has 2 nitrogen and oxygen atoms in total. The van der Waals surface area contributed by atoms with E-state index in [1.54, 1.807) is 18.7 Å². The van der Waals surface area contributed by atoms with Crippen molar-refractivity contribution < 1.29 is 5.11 Å². The summed E-state index contributed by atoms with van der Waals surface area (Å²) in [5, 5.41) is 8.91. The zero-order valence-electron chi connectivity index (χ0n) is 6.00. The molecule has 2 atom stereocenters. The molecule has 0 radical (unpaired) electrons. The molecule has 0 fully saturated rings. The highest BCUT2D eigenvalue weighted by Crippen LogP contribution is 2.02. The molecule has 0 aliphatic heterocycles. The lowest BCUT2D eigenvalue weighted by molar-refractivity contribution is 0.172. The molecule has 0 saturated heterocycles. The number of hydrogen-bond donors (Lipinski definition) is 2. The van der Waals surface area contributed by atoms with Crippen molar-refractivity contribution in [3.63, 3.8) is 0 Å². The first-order valence-corrected chi connectivity index (χ1v) is 4.35. The van der Waals surface area contributed by atoms with E-state index >= 15 is 0 Å². The maximum absolute atomic E-state index is 8.91. The number of rotatable bonds is 4. The fraction of sp³-hybridized carbons (Fsp3) is 1.00. The van der Waals surface area contributed by atoms with Gasteiger partial charge in [-0.3, -0.25) is 0 Å². The van der Waals surface area contributed by atoms with Crippen molar-refractivity contribution in [1.29, 1.82) is 0 Å². The van der Waals surface area contributed by atoms with Crippen molar-refractivity contribution in [3.05, 3.63) is 0 Å². The Labute approximate surface area is 60.8 Å². The lowest BCUT2D eigenvalue weighted by Gasteiger charge is -2.12. The quantitative estimate of drug-likeness (QED) is 0.610. The lowest BCUT2D eigenvalue weighted by atomic mass is 10.2. The van der Waals surface area contributed by atoms with Gasteiger partial charge in [0.15, 0.2) is 0 Å². The van der Waals surface area contributed by atoms with E-state index in [-0.39, 0.29) is 12.1 Å². The van der Waals surface area contributed by atoms with Crippen LogP contribution in [0.3, 0.4) is 0 Å². The van der Waals surface area contributed by atoms with E-state index < -0.39 is 0 Å². The van der Waals surface area contributed by atoms with Gasteiger partial charge in [-0.15, -0.1) is 0 Å². The lowest BCUT2D eigenvalue weighted by Crippen LogP contribution is -2.34. The van der Waals surface area contributed by atoms with Crippen molar-refractivity contribution >= 4 is 11.8 Å². The maximum atomic E-state index is 8.91. The third-order valence-electron chi connectivity index (χ3n) is 1.13. The molecule has 0 aliphatic rings. The van der Waals surface area contributed by atoms with Gasteiger partial charge in [0, 0.05) is 11.8 Å². The highest BCUT2D eigenvalue weighted by molar-refractivity contribution is 7.99. The number of aliphatic hydroxyl groups excluding tert-OH is 1. The minimum absolute atomic E-state index is 0.0602. The molecule has 56 valence electrons. The van der Waals surface area contributed by atoms with Gasteiger partial charge in [0.1, 0.15) is 0 Å². The van der Waals surface area contributed by atoms with Crippen LogP contribution in [0, 0.1) is 0 Å². The minimum atomic E-state index is -0.371. The summed E-state index contributed by atoms with van der Waals surface area (Å²) in [7, 11) is 0. The van der Waals surface area contributed by atoms with Crippen LogP contribution in [0.2, 0.25) is 0 Å². The molecule has 3 N–H and O–H groups in total. The molecule has 0 heterocycles. The number of hydrogen-bond acceptors (Lipinski definition) is 3. The molecule has 0 aliphatic carbocycles. The third-order valence-corrected chi connectivity index (χ3v) is 2.16. The molecule has 0 amide bonds. The van der Waals surface area contributed by atoms with Gasteiger partial charge < -0.3 is 10.8 Å². The summed E-state index contributed by atoms with van der Waals surface area (Å²) in [6, 6.07) is -0.0602. The second-order valence-corrected chi connectivity index (χ2v) is 3.38. The van der Waals surface area contributed by atoms with Crippen LogP contribution in [0.1, 0.15) is 13.8 Å². The van der Waals surface area contributed by atoms with Crippen LogP contribution in [0.15, 0.2) is 0 Å². The Hall–Kier alpha value is 0.270. The van der Waals surface area contributed by atoms with Crippen LogP contribution in [0.4, 0.5) is 0 Å². The van der Waals surface area contributed by atoms with E-state index in [0.29, 0.717) is 0 Å². The van der Waals surface area contributed by atoms with Crippen LogP contribution in [0.25, 0.3) is 0 Å². The summed E-state index contributed by atoms with van der Waals surface area (Å²) in [5.41, 5.74) is 5.53. The Morgan fingerprint density at radius 3 is 2.56 bits per heavy atom. The highest BCUT2D eigenvalue weighted by atomic mass is 32.2. The van der Waals surface area contributed by atoms with Crippen LogP contribution < -0.4 is 5.73 Å². The summed E-state index contributed by atoms with van der Waals surface area (Å²) in [5.74, 6) is 1.93. The fourth-order valence-electron chi connectivity index (χ4n) is 0.393. The van der Waals surface area contributed by atoms with E-state index in [9.17, 15) is 0 Å². The first-order chi connectivity index (χ1) is 4.18. The van der Waals surface area contributed by atoms with E-state index in [1.807, 2.05) is 0 Å². The van der Waals surface area contributed by atoms with Gasteiger partial charge in [0.2, 0.25) is 0 Å². The molecule has 9 heavy (non-hydrogen) atoms. The van der Waals surface area contributed by atoms with Crippen molar-refractivity contribution in [2.75, 3.05) is 11.5 Å². The number of nitrogens with two attached hydrogens (primary N) is 1. The molecular weight excluding hydrogens is 134 g/mol. The van der Waals surface area contributed by atoms with Crippen LogP contribution >= 0.6 is 11.8 Å². The van der Waals surface area contributed by atoms with Gasteiger partial charge in [0.05, 0.1) is 6.10 Å². The molecule has 0 spiro atoms. The summed E-state index contributed by atoms with van der Waals surface area (Å²) >= 11 is 1.76.